The number of hydrogen-bond donors (Lipinski definition) is 1. The Hall–Kier alpha value is -2.98. The lowest BCUT2D eigenvalue weighted by Crippen LogP contribution is -2.44. The van der Waals surface area contributed by atoms with Gasteiger partial charge in [-0.1, -0.05) is 12.1 Å². The lowest BCUT2D eigenvalue weighted by molar-refractivity contribution is -0.121. The minimum atomic E-state index is -3.69. The number of morpholine rings is 1. The normalized spacial score (nSPS) is 22.2. The highest BCUT2D eigenvalue weighted by Crippen LogP contribution is 2.30. The maximum atomic E-state index is 13.2. The molecular weight excluding hydrogens is 430 g/mol. The van der Waals surface area contributed by atoms with E-state index in [0.717, 1.165) is 31.7 Å². The quantitative estimate of drug-likeness (QED) is 0.751. The van der Waals surface area contributed by atoms with E-state index in [0.29, 0.717) is 43.4 Å². The molecule has 32 heavy (non-hydrogen) atoms. The Morgan fingerprint density at radius 1 is 1.06 bits per heavy atom. The number of nitrogens with one attached hydrogen (secondary N) is 1. The third-order valence-electron chi connectivity index (χ3n) is 6.06. The second kappa shape index (κ2) is 8.51. The number of carbonyl (C=O) groups is 1. The lowest BCUT2D eigenvalue weighted by Gasteiger charge is -2.34. The molecule has 5 rings (SSSR count). The van der Waals surface area contributed by atoms with E-state index in [-0.39, 0.29) is 16.7 Å². The van der Waals surface area contributed by atoms with Crippen molar-refractivity contribution < 1.29 is 17.9 Å². The third-order valence-corrected chi connectivity index (χ3v) is 7.38. The summed E-state index contributed by atoms with van der Waals surface area (Å²) in [5.41, 5.74) is 1.29. The van der Waals surface area contributed by atoms with Crippen molar-refractivity contribution in [3.63, 3.8) is 0 Å². The van der Waals surface area contributed by atoms with Crippen LogP contribution in [0.2, 0.25) is 0 Å². The number of sulfonamides is 1. The number of anilines is 2. The molecule has 2 fully saturated rings. The molecule has 0 spiro atoms. The predicted molar refractivity (Wildman–Crippen MR) is 120 cm³/mol. The first kappa shape index (κ1) is 20.9. The zero-order valence-corrected chi connectivity index (χ0v) is 18.4. The summed E-state index contributed by atoms with van der Waals surface area (Å²) in [6.45, 7) is 3.80. The Bertz CT molecular complexity index is 1160. The van der Waals surface area contributed by atoms with Crippen LogP contribution in [-0.2, 0) is 19.6 Å². The smallest absolute Gasteiger partial charge is 0.285 e. The van der Waals surface area contributed by atoms with Crippen molar-refractivity contribution in [2.45, 2.75) is 17.7 Å². The molecule has 1 amide bonds. The Labute approximate surface area is 187 Å². The molecule has 4 heterocycles. The van der Waals surface area contributed by atoms with Crippen molar-refractivity contribution in [1.82, 2.24) is 9.88 Å². The number of fused-ring (bicyclic) bond motifs is 1. The predicted octanol–water partition coefficient (Wildman–Crippen LogP) is 1.72. The summed E-state index contributed by atoms with van der Waals surface area (Å²) in [4.78, 5) is 21.9. The monoisotopic (exact) mass is 455 g/mol. The van der Waals surface area contributed by atoms with E-state index in [1.54, 1.807) is 30.5 Å². The summed E-state index contributed by atoms with van der Waals surface area (Å²) >= 11 is 0. The molecule has 0 bridgehead atoms. The van der Waals surface area contributed by atoms with Crippen LogP contribution >= 0.6 is 0 Å². The van der Waals surface area contributed by atoms with Gasteiger partial charge in [-0.05, 0) is 37.1 Å². The molecule has 10 heteroatoms. The first-order valence-corrected chi connectivity index (χ1v) is 12.2. The molecule has 9 nitrogen and oxygen atoms in total. The SMILES string of the molecule is O=C(Nc1cccnc1N1CCOCC1)C1CCCN(C2=NS(=O)(=O)c3ccccc32)C1. The molecule has 1 N–H and O–H groups in total. The highest BCUT2D eigenvalue weighted by atomic mass is 32.2. The molecule has 2 saturated heterocycles. The van der Waals surface area contributed by atoms with Gasteiger partial charge in [-0.3, -0.25) is 4.79 Å². The maximum Gasteiger partial charge on any atom is 0.285 e. The van der Waals surface area contributed by atoms with Gasteiger partial charge in [0.2, 0.25) is 5.91 Å². The van der Waals surface area contributed by atoms with E-state index >= 15 is 0 Å². The zero-order valence-electron chi connectivity index (χ0n) is 17.6. The summed E-state index contributed by atoms with van der Waals surface area (Å²) in [7, 11) is -3.69. The van der Waals surface area contributed by atoms with E-state index < -0.39 is 10.0 Å². The van der Waals surface area contributed by atoms with Crippen LogP contribution < -0.4 is 10.2 Å². The number of likely N-dealkylation sites (tertiary alicyclic amines) is 1. The Kier molecular flexibility index (Phi) is 5.56. The van der Waals surface area contributed by atoms with Gasteiger partial charge in [0.05, 0.1) is 24.8 Å². The molecule has 0 radical (unpaired) electrons. The summed E-state index contributed by atoms with van der Waals surface area (Å²) < 4.78 is 34.3. The average molecular weight is 456 g/mol. The minimum absolute atomic E-state index is 0.0908. The van der Waals surface area contributed by atoms with E-state index in [9.17, 15) is 13.2 Å². The second-order valence-corrected chi connectivity index (χ2v) is 9.71. The number of pyridine rings is 1. The van der Waals surface area contributed by atoms with Gasteiger partial charge >= 0.3 is 0 Å². The Balaban J connectivity index is 1.33. The van der Waals surface area contributed by atoms with Crippen molar-refractivity contribution in [3.8, 4) is 0 Å². The number of nitrogens with zero attached hydrogens (tertiary/aromatic N) is 4. The van der Waals surface area contributed by atoms with E-state index in [1.165, 1.54) is 0 Å². The number of hydrogen-bond acceptors (Lipinski definition) is 7. The van der Waals surface area contributed by atoms with Gasteiger partial charge in [-0.15, -0.1) is 4.40 Å². The number of benzene rings is 1. The largest absolute Gasteiger partial charge is 0.378 e. The van der Waals surface area contributed by atoms with Gasteiger partial charge in [-0.25, -0.2) is 4.98 Å². The molecule has 0 saturated carbocycles. The van der Waals surface area contributed by atoms with Crippen molar-refractivity contribution in [2.75, 3.05) is 49.6 Å². The molecule has 3 aliphatic heterocycles. The summed E-state index contributed by atoms with van der Waals surface area (Å²) in [5.74, 6) is 0.817. The minimum Gasteiger partial charge on any atom is -0.378 e. The fourth-order valence-corrected chi connectivity index (χ4v) is 5.68. The summed E-state index contributed by atoms with van der Waals surface area (Å²) in [5, 5.41) is 3.06. The lowest BCUT2D eigenvalue weighted by atomic mass is 9.96. The first-order chi connectivity index (χ1) is 15.5. The van der Waals surface area contributed by atoms with Crippen molar-refractivity contribution in [2.24, 2.45) is 10.3 Å². The number of carbonyl (C=O) groups excluding carboxylic acids is 1. The van der Waals surface area contributed by atoms with Crippen LogP contribution in [0.25, 0.3) is 0 Å². The molecule has 0 aliphatic carbocycles. The van der Waals surface area contributed by atoms with E-state index in [4.69, 9.17) is 4.74 Å². The molecule has 1 aromatic heterocycles. The highest BCUT2D eigenvalue weighted by Gasteiger charge is 2.35. The second-order valence-electron chi connectivity index (χ2n) is 8.13. The molecule has 1 atom stereocenters. The van der Waals surface area contributed by atoms with Crippen LogP contribution in [-0.4, -0.2) is 69.4 Å². The fourth-order valence-electron chi connectivity index (χ4n) is 4.46. The summed E-state index contributed by atoms with van der Waals surface area (Å²) in [6, 6.07) is 10.5. The van der Waals surface area contributed by atoms with Crippen LogP contribution in [0, 0.1) is 5.92 Å². The number of amidine groups is 1. The number of rotatable bonds is 3. The number of aromatic nitrogens is 1. The van der Waals surface area contributed by atoms with Gasteiger partial charge in [0, 0.05) is 37.9 Å². The average Bonchev–Trinajstić information content (AvgIpc) is 3.11. The molecule has 2 aromatic rings. The van der Waals surface area contributed by atoms with Gasteiger partial charge in [0.15, 0.2) is 11.7 Å². The molecule has 168 valence electrons. The van der Waals surface area contributed by atoms with Crippen LogP contribution in [0.15, 0.2) is 51.9 Å². The van der Waals surface area contributed by atoms with Crippen LogP contribution in [0.5, 0.6) is 0 Å². The van der Waals surface area contributed by atoms with E-state index in [2.05, 4.69) is 19.6 Å². The number of ether oxygens (including phenoxy) is 1. The number of piperidine rings is 1. The molecule has 3 aliphatic rings. The standard InChI is InChI=1S/C22H25N5O4S/c28-22(24-18-7-3-9-23-21(18)26-11-13-31-14-12-26)16-5-4-10-27(15-16)20-17-6-1-2-8-19(17)32(29,30)25-20/h1-3,6-9,16H,4-5,10-15H2,(H,24,28). The first-order valence-electron chi connectivity index (χ1n) is 10.8. The van der Waals surface area contributed by atoms with Crippen molar-refractivity contribution in [1.29, 1.82) is 0 Å². The Morgan fingerprint density at radius 2 is 1.88 bits per heavy atom. The van der Waals surface area contributed by atoms with E-state index in [1.807, 2.05) is 17.0 Å². The van der Waals surface area contributed by atoms with Gasteiger partial charge < -0.3 is 19.9 Å². The maximum absolute atomic E-state index is 13.2. The molecule has 1 unspecified atom stereocenters. The van der Waals surface area contributed by atoms with Crippen LogP contribution in [0.4, 0.5) is 11.5 Å². The van der Waals surface area contributed by atoms with Gasteiger partial charge in [0.1, 0.15) is 4.90 Å². The van der Waals surface area contributed by atoms with Crippen molar-refractivity contribution >= 4 is 33.3 Å². The summed E-state index contributed by atoms with van der Waals surface area (Å²) in [6.07, 6.45) is 3.23. The van der Waals surface area contributed by atoms with Gasteiger partial charge in [0.25, 0.3) is 10.0 Å². The molecule has 1 aromatic carbocycles. The van der Waals surface area contributed by atoms with Gasteiger partial charge in [-0.2, -0.15) is 8.42 Å². The fraction of sp³-hybridized carbons (Fsp3) is 0.409. The number of amides is 1. The topological polar surface area (TPSA) is 104 Å². The highest BCUT2D eigenvalue weighted by molar-refractivity contribution is 7.90. The zero-order chi connectivity index (χ0) is 22.1. The van der Waals surface area contributed by atoms with Crippen molar-refractivity contribution in [3.05, 3.63) is 48.2 Å². The molecular formula is C22H25N5O4S. The van der Waals surface area contributed by atoms with Crippen LogP contribution in [0.3, 0.4) is 0 Å². The third kappa shape index (κ3) is 3.95. The Morgan fingerprint density at radius 3 is 2.72 bits per heavy atom. The van der Waals surface area contributed by atoms with Crippen LogP contribution in [0.1, 0.15) is 18.4 Å².